The zero-order chi connectivity index (χ0) is 13.9. The maximum absolute atomic E-state index is 12.3. The highest BCUT2D eigenvalue weighted by molar-refractivity contribution is 5.85. The Kier molecular flexibility index (Phi) is 3.74. The summed E-state index contributed by atoms with van der Waals surface area (Å²) >= 11 is 0. The molecule has 20 heavy (non-hydrogen) atoms. The predicted molar refractivity (Wildman–Crippen MR) is 80.5 cm³/mol. The van der Waals surface area contributed by atoms with Gasteiger partial charge in [0.05, 0.1) is 5.52 Å². The first-order valence-corrected chi connectivity index (χ1v) is 7.28. The molecule has 2 aromatic rings. The van der Waals surface area contributed by atoms with E-state index in [1.54, 1.807) is 0 Å². The molecular formula is C16H21N3O. The van der Waals surface area contributed by atoms with Gasteiger partial charge in [-0.25, -0.2) is 0 Å². The minimum atomic E-state index is 0.235. The Bertz CT molecular complexity index is 611. The fourth-order valence-electron chi connectivity index (χ4n) is 3.02. The molecular weight excluding hydrogens is 250 g/mol. The first-order valence-electron chi connectivity index (χ1n) is 7.28. The number of aromatic nitrogens is 1. The van der Waals surface area contributed by atoms with Crippen LogP contribution in [0.5, 0.6) is 0 Å². The summed E-state index contributed by atoms with van der Waals surface area (Å²) in [5, 5.41) is 4.39. The van der Waals surface area contributed by atoms with Gasteiger partial charge in [-0.1, -0.05) is 18.2 Å². The van der Waals surface area contributed by atoms with Crippen LogP contribution in [0.4, 0.5) is 0 Å². The van der Waals surface area contributed by atoms with Gasteiger partial charge in [0, 0.05) is 25.8 Å². The van der Waals surface area contributed by atoms with E-state index >= 15 is 0 Å². The molecule has 1 aromatic carbocycles. The lowest BCUT2D eigenvalue weighted by Crippen LogP contribution is -2.30. The molecule has 0 bridgehead atoms. The molecule has 0 radical (unpaired) electrons. The third-order valence-electron chi connectivity index (χ3n) is 4.00. The van der Waals surface area contributed by atoms with Crippen molar-refractivity contribution < 1.29 is 4.79 Å². The van der Waals surface area contributed by atoms with Crippen molar-refractivity contribution in [3.05, 3.63) is 36.0 Å². The van der Waals surface area contributed by atoms with Gasteiger partial charge in [-0.05, 0) is 36.9 Å². The standard InChI is InChI=1S/C16H21N3O/c1-17-11-14-6-4-5-13-7-10-19(16(13)14)12-15(20)18-8-2-3-9-18/h4-7,10,17H,2-3,8-9,11-12H2,1H3. The average Bonchev–Trinajstić information content (AvgIpc) is 3.09. The van der Waals surface area contributed by atoms with E-state index in [9.17, 15) is 4.79 Å². The summed E-state index contributed by atoms with van der Waals surface area (Å²) in [5.74, 6) is 0.235. The minimum Gasteiger partial charge on any atom is -0.341 e. The first-order chi connectivity index (χ1) is 9.79. The number of para-hydroxylation sites is 1. The number of hydrogen-bond donors (Lipinski definition) is 1. The highest BCUT2D eigenvalue weighted by Crippen LogP contribution is 2.21. The van der Waals surface area contributed by atoms with Gasteiger partial charge in [-0.3, -0.25) is 4.79 Å². The number of benzene rings is 1. The van der Waals surface area contributed by atoms with Gasteiger partial charge in [0.2, 0.25) is 5.91 Å². The van der Waals surface area contributed by atoms with Gasteiger partial charge in [0.25, 0.3) is 0 Å². The van der Waals surface area contributed by atoms with Crippen LogP contribution in [0.2, 0.25) is 0 Å². The van der Waals surface area contributed by atoms with Crippen molar-refractivity contribution in [2.45, 2.75) is 25.9 Å². The summed E-state index contributed by atoms with van der Waals surface area (Å²) in [7, 11) is 1.95. The first kappa shape index (κ1) is 13.2. The van der Waals surface area contributed by atoms with Crippen molar-refractivity contribution in [3.8, 4) is 0 Å². The van der Waals surface area contributed by atoms with Crippen LogP contribution in [0.1, 0.15) is 18.4 Å². The summed E-state index contributed by atoms with van der Waals surface area (Å²) in [6.45, 7) is 3.10. The summed E-state index contributed by atoms with van der Waals surface area (Å²) in [4.78, 5) is 14.3. The number of carbonyl (C=O) groups is 1. The van der Waals surface area contributed by atoms with E-state index in [2.05, 4.69) is 34.1 Å². The molecule has 1 amide bonds. The van der Waals surface area contributed by atoms with Crippen molar-refractivity contribution in [3.63, 3.8) is 0 Å². The van der Waals surface area contributed by atoms with Gasteiger partial charge in [0.15, 0.2) is 0 Å². The molecule has 0 atom stereocenters. The molecule has 1 fully saturated rings. The minimum absolute atomic E-state index is 0.235. The molecule has 1 aromatic heterocycles. The van der Waals surface area contributed by atoms with Crippen LogP contribution in [0, 0.1) is 0 Å². The van der Waals surface area contributed by atoms with Crippen molar-refractivity contribution in [2.75, 3.05) is 20.1 Å². The normalized spacial score (nSPS) is 15.2. The summed E-state index contributed by atoms with van der Waals surface area (Å²) in [6.07, 6.45) is 4.31. The average molecular weight is 271 g/mol. The second kappa shape index (κ2) is 5.67. The fourth-order valence-corrected chi connectivity index (χ4v) is 3.02. The molecule has 0 aliphatic carbocycles. The highest BCUT2D eigenvalue weighted by Gasteiger charge is 2.18. The number of likely N-dealkylation sites (tertiary alicyclic amines) is 1. The lowest BCUT2D eigenvalue weighted by Gasteiger charge is -2.16. The molecule has 4 heteroatoms. The molecule has 4 nitrogen and oxygen atoms in total. The predicted octanol–water partition coefficient (Wildman–Crippen LogP) is 1.98. The highest BCUT2D eigenvalue weighted by atomic mass is 16.2. The molecule has 1 aliphatic rings. The summed E-state index contributed by atoms with van der Waals surface area (Å²) in [6, 6.07) is 8.38. The van der Waals surface area contributed by atoms with Crippen LogP contribution in [-0.4, -0.2) is 35.5 Å². The van der Waals surface area contributed by atoms with E-state index in [1.807, 2.05) is 18.1 Å². The van der Waals surface area contributed by atoms with Crippen LogP contribution >= 0.6 is 0 Å². The lowest BCUT2D eigenvalue weighted by atomic mass is 10.1. The van der Waals surface area contributed by atoms with Gasteiger partial charge in [-0.2, -0.15) is 0 Å². The topological polar surface area (TPSA) is 37.3 Å². The van der Waals surface area contributed by atoms with Crippen LogP contribution < -0.4 is 5.32 Å². The van der Waals surface area contributed by atoms with Crippen LogP contribution in [0.3, 0.4) is 0 Å². The Hall–Kier alpha value is -1.81. The van der Waals surface area contributed by atoms with Gasteiger partial charge >= 0.3 is 0 Å². The number of amides is 1. The van der Waals surface area contributed by atoms with E-state index in [4.69, 9.17) is 0 Å². The Balaban J connectivity index is 1.89. The molecule has 0 saturated carbocycles. The molecule has 0 spiro atoms. The Morgan fingerprint density at radius 2 is 2.05 bits per heavy atom. The molecule has 2 heterocycles. The Morgan fingerprint density at radius 1 is 1.25 bits per heavy atom. The number of hydrogen-bond acceptors (Lipinski definition) is 2. The van der Waals surface area contributed by atoms with Crippen molar-refractivity contribution >= 4 is 16.8 Å². The largest absolute Gasteiger partial charge is 0.341 e. The number of rotatable bonds is 4. The third kappa shape index (κ3) is 2.43. The van der Waals surface area contributed by atoms with Crippen LogP contribution in [0.25, 0.3) is 10.9 Å². The molecule has 1 aliphatic heterocycles. The molecule has 1 N–H and O–H groups in total. The van der Waals surface area contributed by atoms with Gasteiger partial charge < -0.3 is 14.8 Å². The number of fused-ring (bicyclic) bond motifs is 1. The molecule has 106 valence electrons. The van der Waals surface area contributed by atoms with E-state index in [-0.39, 0.29) is 5.91 Å². The maximum Gasteiger partial charge on any atom is 0.242 e. The van der Waals surface area contributed by atoms with Crippen LogP contribution in [0.15, 0.2) is 30.5 Å². The van der Waals surface area contributed by atoms with E-state index in [1.165, 1.54) is 16.5 Å². The Morgan fingerprint density at radius 3 is 2.80 bits per heavy atom. The van der Waals surface area contributed by atoms with E-state index in [0.29, 0.717) is 6.54 Å². The quantitative estimate of drug-likeness (QED) is 0.923. The van der Waals surface area contributed by atoms with Crippen molar-refractivity contribution in [1.82, 2.24) is 14.8 Å². The number of nitrogens with one attached hydrogen (secondary N) is 1. The van der Waals surface area contributed by atoms with Gasteiger partial charge in [-0.15, -0.1) is 0 Å². The Labute approximate surface area is 119 Å². The second-order valence-corrected chi connectivity index (χ2v) is 5.42. The summed E-state index contributed by atoms with van der Waals surface area (Å²) < 4.78 is 2.09. The third-order valence-corrected chi connectivity index (χ3v) is 4.00. The van der Waals surface area contributed by atoms with E-state index in [0.717, 1.165) is 32.5 Å². The maximum atomic E-state index is 12.3. The van der Waals surface area contributed by atoms with Crippen molar-refractivity contribution in [1.29, 1.82) is 0 Å². The zero-order valence-corrected chi connectivity index (χ0v) is 11.9. The smallest absolute Gasteiger partial charge is 0.242 e. The van der Waals surface area contributed by atoms with Crippen LogP contribution in [-0.2, 0) is 17.9 Å². The SMILES string of the molecule is CNCc1cccc2ccn(CC(=O)N3CCCC3)c12. The fraction of sp³-hybridized carbons (Fsp3) is 0.438. The summed E-state index contributed by atoms with van der Waals surface area (Å²) in [5.41, 5.74) is 2.42. The molecule has 3 rings (SSSR count). The monoisotopic (exact) mass is 271 g/mol. The lowest BCUT2D eigenvalue weighted by molar-refractivity contribution is -0.130. The van der Waals surface area contributed by atoms with Gasteiger partial charge in [0.1, 0.15) is 6.54 Å². The number of carbonyl (C=O) groups excluding carboxylic acids is 1. The number of nitrogens with zero attached hydrogens (tertiary/aromatic N) is 2. The molecule has 1 saturated heterocycles. The second-order valence-electron chi connectivity index (χ2n) is 5.42. The molecule has 0 unspecified atom stereocenters. The van der Waals surface area contributed by atoms with Crippen molar-refractivity contribution in [2.24, 2.45) is 0 Å². The van der Waals surface area contributed by atoms with E-state index < -0.39 is 0 Å². The zero-order valence-electron chi connectivity index (χ0n) is 11.9.